The number of rotatable bonds is 12. The molecule has 1 aliphatic rings. The highest BCUT2D eigenvalue weighted by Gasteiger charge is 2.21. The van der Waals surface area contributed by atoms with Gasteiger partial charge in [-0.05, 0) is 54.0 Å². The van der Waals surface area contributed by atoms with E-state index in [9.17, 15) is 9.90 Å². The van der Waals surface area contributed by atoms with Crippen LogP contribution in [0.15, 0.2) is 53.0 Å². The van der Waals surface area contributed by atoms with Crippen LogP contribution in [0.3, 0.4) is 0 Å². The van der Waals surface area contributed by atoms with Gasteiger partial charge in [0.2, 0.25) is 5.91 Å². The zero-order valence-electron chi connectivity index (χ0n) is 22.3. The number of ether oxygens (including phenoxy) is 1. The number of amidine groups is 1. The number of aliphatic imine (C=N–C) groups is 1. The highest BCUT2D eigenvalue weighted by Crippen LogP contribution is 2.32. The lowest BCUT2D eigenvalue weighted by molar-refractivity contribution is -0.127. The van der Waals surface area contributed by atoms with Crippen molar-refractivity contribution in [2.75, 3.05) is 26.3 Å². The van der Waals surface area contributed by atoms with Gasteiger partial charge in [0.1, 0.15) is 5.84 Å². The SMILES string of the molecule is CCCN(CCCO)C(=O)C1=Cc2ccc(-c3ccc(CCC(=N)OCC(C)C)cc3)cc2N=C(N)C1. The van der Waals surface area contributed by atoms with E-state index >= 15 is 0 Å². The molecule has 198 valence electrons. The molecule has 37 heavy (non-hydrogen) atoms. The summed E-state index contributed by atoms with van der Waals surface area (Å²) in [7, 11) is 0. The number of carbonyl (C=O) groups excluding carboxylic acids is 1. The number of hydrogen-bond acceptors (Lipinski definition) is 6. The topological polar surface area (TPSA) is 112 Å². The number of hydrogen-bond donors (Lipinski definition) is 3. The number of aliphatic hydroxyl groups is 1. The molecule has 4 N–H and O–H groups in total. The molecule has 0 aliphatic carbocycles. The van der Waals surface area contributed by atoms with Gasteiger partial charge in [0, 0.05) is 43.7 Å². The van der Waals surface area contributed by atoms with Crippen LogP contribution in [0.2, 0.25) is 0 Å². The quantitative estimate of drug-likeness (QED) is 0.268. The van der Waals surface area contributed by atoms with Gasteiger partial charge in [-0.2, -0.15) is 0 Å². The molecule has 2 aromatic carbocycles. The Balaban J connectivity index is 1.74. The van der Waals surface area contributed by atoms with Crippen LogP contribution in [-0.4, -0.2) is 54.0 Å². The summed E-state index contributed by atoms with van der Waals surface area (Å²) in [5.74, 6) is 1.10. The van der Waals surface area contributed by atoms with E-state index in [0.29, 0.717) is 62.2 Å². The fourth-order valence-corrected chi connectivity index (χ4v) is 4.22. The summed E-state index contributed by atoms with van der Waals surface area (Å²) in [6.45, 7) is 7.98. The lowest BCUT2D eigenvalue weighted by Crippen LogP contribution is -2.35. The summed E-state index contributed by atoms with van der Waals surface area (Å²) in [5, 5.41) is 17.2. The number of nitrogens with one attached hydrogen (secondary N) is 1. The minimum absolute atomic E-state index is 0.0522. The monoisotopic (exact) mass is 504 g/mol. The first kappa shape index (κ1) is 28.1. The number of carbonyl (C=O) groups is 1. The van der Waals surface area contributed by atoms with Gasteiger partial charge in [0.15, 0.2) is 5.90 Å². The van der Waals surface area contributed by atoms with Crippen molar-refractivity contribution in [1.29, 1.82) is 5.41 Å². The van der Waals surface area contributed by atoms with Crippen molar-refractivity contribution in [1.82, 2.24) is 4.90 Å². The number of amides is 1. The van der Waals surface area contributed by atoms with E-state index in [0.717, 1.165) is 40.8 Å². The minimum Gasteiger partial charge on any atom is -0.481 e. The maximum Gasteiger partial charge on any atom is 0.250 e. The lowest BCUT2D eigenvalue weighted by Gasteiger charge is -2.23. The van der Waals surface area contributed by atoms with Crippen LogP contribution in [-0.2, 0) is 16.0 Å². The zero-order valence-corrected chi connectivity index (χ0v) is 22.3. The van der Waals surface area contributed by atoms with Crippen molar-refractivity contribution in [2.45, 2.75) is 52.9 Å². The molecule has 0 bridgehead atoms. The summed E-state index contributed by atoms with van der Waals surface area (Å²) in [4.78, 5) is 19.6. The molecule has 7 nitrogen and oxygen atoms in total. The van der Waals surface area contributed by atoms with E-state index in [2.05, 4.69) is 43.1 Å². The average molecular weight is 505 g/mol. The molecule has 3 rings (SSSR count). The van der Waals surface area contributed by atoms with Gasteiger partial charge in [-0.1, -0.05) is 57.2 Å². The van der Waals surface area contributed by atoms with Crippen LogP contribution in [0.25, 0.3) is 17.2 Å². The molecule has 1 amide bonds. The first-order valence-electron chi connectivity index (χ1n) is 13.2. The third-order valence-electron chi connectivity index (χ3n) is 6.16. The Morgan fingerprint density at radius 3 is 2.57 bits per heavy atom. The summed E-state index contributed by atoms with van der Waals surface area (Å²) in [6, 6.07) is 14.3. The molecule has 2 aromatic rings. The Labute approximate surface area is 220 Å². The van der Waals surface area contributed by atoms with E-state index in [-0.39, 0.29) is 12.5 Å². The second-order valence-corrected chi connectivity index (χ2v) is 9.92. The molecular formula is C30H40N4O3. The Morgan fingerprint density at radius 1 is 1.16 bits per heavy atom. The molecule has 0 spiro atoms. The normalized spacial score (nSPS) is 12.9. The third kappa shape index (κ3) is 8.29. The van der Waals surface area contributed by atoms with Crippen molar-refractivity contribution < 1.29 is 14.6 Å². The smallest absolute Gasteiger partial charge is 0.250 e. The van der Waals surface area contributed by atoms with Crippen LogP contribution in [0.4, 0.5) is 5.69 Å². The maximum absolute atomic E-state index is 13.2. The van der Waals surface area contributed by atoms with Gasteiger partial charge in [0.05, 0.1) is 12.3 Å². The van der Waals surface area contributed by atoms with Crippen LogP contribution in [0.1, 0.15) is 57.6 Å². The number of nitrogens with two attached hydrogens (primary N) is 1. The lowest BCUT2D eigenvalue weighted by atomic mass is 9.99. The standard InChI is InChI=1S/C30H40N4O3/c1-4-14-34(15-5-16-35)30(36)26-17-25-12-11-24(18-27(25)33-28(31)19-26)23-9-6-22(7-10-23)8-13-29(32)37-20-21(2)3/h6-7,9-12,17-18,21,32,35H,4-5,8,13-16,19-20H2,1-3H3,(H2,31,33). The Bertz CT molecular complexity index is 1140. The first-order chi connectivity index (χ1) is 17.8. The van der Waals surface area contributed by atoms with E-state index in [1.54, 1.807) is 4.90 Å². The zero-order chi connectivity index (χ0) is 26.8. The Kier molecular flexibility index (Phi) is 10.4. The summed E-state index contributed by atoms with van der Waals surface area (Å²) in [5.41, 5.74) is 11.7. The third-order valence-corrected chi connectivity index (χ3v) is 6.16. The largest absolute Gasteiger partial charge is 0.481 e. The number of fused-ring (bicyclic) bond motifs is 1. The molecule has 0 saturated heterocycles. The molecule has 1 aliphatic heterocycles. The number of benzene rings is 2. The maximum atomic E-state index is 13.2. The van der Waals surface area contributed by atoms with Gasteiger partial charge >= 0.3 is 0 Å². The van der Waals surface area contributed by atoms with Gasteiger partial charge in [0.25, 0.3) is 0 Å². The number of aryl methyl sites for hydroxylation is 1. The van der Waals surface area contributed by atoms with Crippen LogP contribution in [0.5, 0.6) is 0 Å². The average Bonchev–Trinajstić information content (AvgIpc) is 3.05. The molecule has 7 heteroatoms. The van der Waals surface area contributed by atoms with Gasteiger partial charge in [-0.25, -0.2) is 4.99 Å². The van der Waals surface area contributed by atoms with Crippen molar-refractivity contribution in [3.05, 3.63) is 59.2 Å². The van der Waals surface area contributed by atoms with E-state index in [4.69, 9.17) is 15.9 Å². The summed E-state index contributed by atoms with van der Waals surface area (Å²) >= 11 is 0. The Hall–Kier alpha value is -3.45. The van der Waals surface area contributed by atoms with E-state index in [1.165, 1.54) is 0 Å². The molecule has 1 heterocycles. The van der Waals surface area contributed by atoms with Crippen LogP contribution < -0.4 is 5.73 Å². The fraction of sp³-hybridized carbons (Fsp3) is 0.433. The van der Waals surface area contributed by atoms with Crippen molar-refractivity contribution in [2.24, 2.45) is 16.6 Å². The Morgan fingerprint density at radius 2 is 1.89 bits per heavy atom. The second kappa shape index (κ2) is 13.7. The molecule has 0 fully saturated rings. The van der Waals surface area contributed by atoms with E-state index < -0.39 is 0 Å². The van der Waals surface area contributed by atoms with Gasteiger partial charge in [-0.15, -0.1) is 0 Å². The second-order valence-electron chi connectivity index (χ2n) is 9.92. The highest BCUT2D eigenvalue weighted by molar-refractivity contribution is 6.05. The van der Waals surface area contributed by atoms with Crippen molar-refractivity contribution in [3.8, 4) is 11.1 Å². The summed E-state index contributed by atoms with van der Waals surface area (Å²) in [6.07, 6.45) is 4.94. The molecule has 0 atom stereocenters. The van der Waals surface area contributed by atoms with Crippen molar-refractivity contribution >= 4 is 29.4 Å². The summed E-state index contributed by atoms with van der Waals surface area (Å²) < 4.78 is 5.48. The molecule has 0 saturated carbocycles. The van der Waals surface area contributed by atoms with Gasteiger partial charge < -0.3 is 20.5 Å². The highest BCUT2D eigenvalue weighted by atomic mass is 16.5. The van der Waals surface area contributed by atoms with Crippen molar-refractivity contribution in [3.63, 3.8) is 0 Å². The molecular weight excluding hydrogens is 464 g/mol. The predicted molar refractivity (Wildman–Crippen MR) is 151 cm³/mol. The number of nitrogens with zero attached hydrogens (tertiary/aromatic N) is 2. The van der Waals surface area contributed by atoms with E-state index in [1.807, 2.05) is 31.2 Å². The minimum atomic E-state index is -0.0522. The molecule has 0 radical (unpaired) electrons. The number of aliphatic hydroxyl groups excluding tert-OH is 1. The predicted octanol–water partition coefficient (Wildman–Crippen LogP) is 5.33. The van der Waals surface area contributed by atoms with Crippen LogP contribution in [0, 0.1) is 11.3 Å². The first-order valence-corrected chi connectivity index (χ1v) is 13.2. The molecule has 0 unspecified atom stereocenters. The van der Waals surface area contributed by atoms with Gasteiger partial charge in [-0.3, -0.25) is 10.2 Å². The molecule has 0 aromatic heterocycles. The van der Waals surface area contributed by atoms with Crippen LogP contribution >= 0.6 is 0 Å². The fourth-order valence-electron chi connectivity index (χ4n) is 4.22.